The molecule has 1 N–H and O–H groups in total. The molecule has 12 heavy (non-hydrogen) atoms. The monoisotopic (exact) mass is 172 g/mol. The molecule has 0 aromatic heterocycles. The van der Waals surface area contributed by atoms with Crippen molar-refractivity contribution < 1.29 is 9.53 Å². The van der Waals surface area contributed by atoms with Crippen molar-refractivity contribution in [1.82, 2.24) is 10.2 Å². The summed E-state index contributed by atoms with van der Waals surface area (Å²) in [6, 6.07) is 0.317. The summed E-state index contributed by atoms with van der Waals surface area (Å²) < 4.78 is 4.72. The minimum atomic E-state index is -0.0159. The van der Waals surface area contributed by atoms with E-state index in [4.69, 9.17) is 4.74 Å². The fourth-order valence-electron chi connectivity index (χ4n) is 1.45. The van der Waals surface area contributed by atoms with Crippen LogP contribution in [0.1, 0.15) is 6.42 Å². The van der Waals surface area contributed by atoms with Gasteiger partial charge in [0.25, 0.3) is 0 Å². The lowest BCUT2D eigenvalue weighted by Crippen LogP contribution is -2.38. The molecule has 1 heterocycles. The highest BCUT2D eigenvalue weighted by atomic mass is 16.5. The first-order valence-corrected chi connectivity index (χ1v) is 4.19. The molecule has 0 aromatic rings. The van der Waals surface area contributed by atoms with Crippen LogP contribution < -0.4 is 5.32 Å². The second kappa shape index (κ2) is 4.42. The molecule has 0 bridgehead atoms. The molecule has 0 unspecified atom stereocenters. The van der Waals surface area contributed by atoms with Gasteiger partial charge in [-0.25, -0.2) is 0 Å². The Labute approximate surface area is 72.9 Å². The van der Waals surface area contributed by atoms with E-state index in [1.54, 1.807) is 0 Å². The maximum Gasteiger partial charge on any atom is 0.246 e. The van der Waals surface area contributed by atoms with E-state index < -0.39 is 0 Å². The SMILES string of the molecule is COCC(=O)N[C@@H]1CCN(C)C1. The van der Waals surface area contributed by atoms with E-state index in [-0.39, 0.29) is 12.5 Å². The number of nitrogens with one attached hydrogen (secondary N) is 1. The van der Waals surface area contributed by atoms with Gasteiger partial charge >= 0.3 is 0 Å². The van der Waals surface area contributed by atoms with Crippen LogP contribution in [-0.2, 0) is 9.53 Å². The number of methoxy groups -OCH3 is 1. The normalized spacial score (nSPS) is 24.3. The predicted octanol–water partition coefficient (Wildman–Crippen LogP) is -0.547. The summed E-state index contributed by atoms with van der Waals surface area (Å²) in [6.45, 7) is 2.19. The van der Waals surface area contributed by atoms with Gasteiger partial charge in [0.1, 0.15) is 6.61 Å². The molecule has 1 saturated heterocycles. The first-order valence-electron chi connectivity index (χ1n) is 4.19. The van der Waals surface area contributed by atoms with Gasteiger partial charge in [-0.2, -0.15) is 0 Å². The number of amides is 1. The summed E-state index contributed by atoms with van der Waals surface area (Å²) in [6.07, 6.45) is 1.05. The Morgan fingerprint density at radius 3 is 3.00 bits per heavy atom. The first-order chi connectivity index (χ1) is 5.72. The smallest absolute Gasteiger partial charge is 0.246 e. The molecule has 0 radical (unpaired) electrons. The van der Waals surface area contributed by atoms with Gasteiger partial charge in [-0.3, -0.25) is 4.79 Å². The molecule has 0 saturated carbocycles. The molecule has 1 atom stereocenters. The molecule has 70 valence electrons. The van der Waals surface area contributed by atoms with Gasteiger partial charge in [0.15, 0.2) is 0 Å². The van der Waals surface area contributed by atoms with E-state index in [2.05, 4.69) is 17.3 Å². The van der Waals surface area contributed by atoms with Gasteiger partial charge in [0, 0.05) is 19.7 Å². The standard InChI is InChI=1S/C8H16N2O2/c1-10-4-3-7(5-10)9-8(11)6-12-2/h7H,3-6H2,1-2H3,(H,9,11)/t7-/m1/s1. The summed E-state index contributed by atoms with van der Waals surface area (Å²) >= 11 is 0. The van der Waals surface area contributed by atoms with Crippen LogP contribution in [0.5, 0.6) is 0 Å². The van der Waals surface area contributed by atoms with Crippen LogP contribution in [-0.4, -0.2) is 50.7 Å². The number of nitrogens with zero attached hydrogens (tertiary/aromatic N) is 1. The fraction of sp³-hybridized carbons (Fsp3) is 0.875. The molecule has 0 aliphatic carbocycles. The van der Waals surface area contributed by atoms with Gasteiger partial charge in [-0.15, -0.1) is 0 Å². The third-order valence-corrected chi connectivity index (χ3v) is 2.03. The molecular weight excluding hydrogens is 156 g/mol. The Kier molecular flexibility index (Phi) is 3.49. The number of rotatable bonds is 3. The molecule has 1 rings (SSSR count). The van der Waals surface area contributed by atoms with E-state index in [9.17, 15) is 4.79 Å². The predicted molar refractivity (Wildman–Crippen MR) is 45.9 cm³/mol. The zero-order chi connectivity index (χ0) is 8.97. The van der Waals surface area contributed by atoms with Crippen molar-refractivity contribution in [3.8, 4) is 0 Å². The summed E-state index contributed by atoms with van der Waals surface area (Å²) in [5, 5.41) is 2.90. The average molecular weight is 172 g/mol. The summed E-state index contributed by atoms with van der Waals surface area (Å²) in [5.41, 5.74) is 0. The highest BCUT2D eigenvalue weighted by Crippen LogP contribution is 2.05. The van der Waals surface area contributed by atoms with Crippen LogP contribution in [0, 0.1) is 0 Å². The van der Waals surface area contributed by atoms with Crippen LogP contribution in [0.3, 0.4) is 0 Å². The molecule has 0 aromatic carbocycles. The highest BCUT2D eigenvalue weighted by Gasteiger charge is 2.20. The number of hydrogen-bond acceptors (Lipinski definition) is 3. The van der Waals surface area contributed by atoms with E-state index in [0.717, 1.165) is 19.5 Å². The van der Waals surface area contributed by atoms with Gasteiger partial charge in [-0.05, 0) is 20.0 Å². The maximum atomic E-state index is 11.1. The maximum absolute atomic E-state index is 11.1. The molecular formula is C8H16N2O2. The molecule has 1 amide bonds. The fourth-order valence-corrected chi connectivity index (χ4v) is 1.45. The van der Waals surface area contributed by atoms with Crippen molar-refractivity contribution in [2.24, 2.45) is 0 Å². The van der Waals surface area contributed by atoms with Crippen LogP contribution in [0.4, 0.5) is 0 Å². The first kappa shape index (κ1) is 9.48. The number of carbonyl (C=O) groups is 1. The minimum absolute atomic E-state index is 0.0159. The Balaban J connectivity index is 2.18. The Bertz CT molecular complexity index is 161. The van der Waals surface area contributed by atoms with Gasteiger partial charge in [0.2, 0.25) is 5.91 Å². The molecule has 1 fully saturated rings. The Morgan fingerprint density at radius 2 is 2.50 bits per heavy atom. The molecule has 0 spiro atoms. The van der Waals surface area contributed by atoms with Crippen molar-refractivity contribution in [1.29, 1.82) is 0 Å². The van der Waals surface area contributed by atoms with Gasteiger partial charge < -0.3 is 15.0 Å². The average Bonchev–Trinajstić information content (AvgIpc) is 2.36. The lowest BCUT2D eigenvalue weighted by Gasteiger charge is -2.11. The van der Waals surface area contributed by atoms with Crippen molar-refractivity contribution in [3.05, 3.63) is 0 Å². The topological polar surface area (TPSA) is 41.6 Å². The van der Waals surface area contributed by atoms with Crippen LogP contribution in [0.15, 0.2) is 0 Å². The third kappa shape index (κ3) is 2.79. The number of ether oxygens (including phenoxy) is 1. The minimum Gasteiger partial charge on any atom is -0.375 e. The highest BCUT2D eigenvalue weighted by molar-refractivity contribution is 5.77. The molecule has 4 heteroatoms. The zero-order valence-electron chi connectivity index (χ0n) is 7.67. The molecule has 1 aliphatic heterocycles. The summed E-state index contributed by atoms with van der Waals surface area (Å²) in [5.74, 6) is -0.0159. The lowest BCUT2D eigenvalue weighted by molar-refractivity contribution is -0.125. The number of likely N-dealkylation sites (tertiary alicyclic amines) is 1. The van der Waals surface area contributed by atoms with Crippen LogP contribution in [0.2, 0.25) is 0 Å². The lowest BCUT2D eigenvalue weighted by atomic mass is 10.2. The Morgan fingerprint density at radius 1 is 1.75 bits per heavy atom. The third-order valence-electron chi connectivity index (χ3n) is 2.03. The number of hydrogen-bond donors (Lipinski definition) is 1. The number of likely N-dealkylation sites (N-methyl/N-ethyl adjacent to an activating group) is 1. The Hall–Kier alpha value is -0.610. The van der Waals surface area contributed by atoms with E-state index >= 15 is 0 Å². The van der Waals surface area contributed by atoms with E-state index in [1.165, 1.54) is 7.11 Å². The summed E-state index contributed by atoms with van der Waals surface area (Å²) in [7, 11) is 3.59. The van der Waals surface area contributed by atoms with Crippen LogP contribution >= 0.6 is 0 Å². The van der Waals surface area contributed by atoms with Crippen molar-refractivity contribution in [2.75, 3.05) is 33.9 Å². The summed E-state index contributed by atoms with van der Waals surface area (Å²) in [4.78, 5) is 13.3. The van der Waals surface area contributed by atoms with Gasteiger partial charge in [0.05, 0.1) is 0 Å². The van der Waals surface area contributed by atoms with E-state index in [1.807, 2.05) is 0 Å². The van der Waals surface area contributed by atoms with Crippen molar-refractivity contribution in [2.45, 2.75) is 12.5 Å². The second-order valence-corrected chi connectivity index (χ2v) is 3.25. The van der Waals surface area contributed by atoms with Crippen molar-refractivity contribution in [3.63, 3.8) is 0 Å². The van der Waals surface area contributed by atoms with Crippen LogP contribution in [0.25, 0.3) is 0 Å². The quantitative estimate of drug-likeness (QED) is 0.621. The molecule has 1 aliphatic rings. The largest absolute Gasteiger partial charge is 0.375 e. The second-order valence-electron chi connectivity index (χ2n) is 3.25. The number of carbonyl (C=O) groups excluding carboxylic acids is 1. The van der Waals surface area contributed by atoms with E-state index in [0.29, 0.717) is 6.04 Å². The van der Waals surface area contributed by atoms with Gasteiger partial charge in [-0.1, -0.05) is 0 Å². The molecule has 4 nitrogen and oxygen atoms in total. The van der Waals surface area contributed by atoms with Crippen molar-refractivity contribution >= 4 is 5.91 Å². The zero-order valence-corrected chi connectivity index (χ0v) is 7.67.